The quantitative estimate of drug-likeness (QED) is 0.165. The molecule has 0 spiro atoms. The SMILES string of the molecule is Br.CCOc1cc2c(cc1C(=O)NC)C(=N)N(CC(=O)c1cc(N3CCC(CC#N)C3)c(OCCCCC(=O)O)c(C(C)(C)C)c1)C2. The predicted octanol–water partition coefficient (Wildman–Crippen LogP) is 5.72. The number of halogens is 1. The molecule has 1 saturated heterocycles. The summed E-state index contributed by atoms with van der Waals surface area (Å²) in [7, 11) is 1.54. The molecule has 1 atom stereocenters. The van der Waals surface area contributed by atoms with E-state index in [1.165, 1.54) is 0 Å². The number of anilines is 1. The maximum Gasteiger partial charge on any atom is 0.303 e. The van der Waals surface area contributed by atoms with Crippen molar-refractivity contribution in [1.82, 2.24) is 10.2 Å². The van der Waals surface area contributed by atoms with Gasteiger partial charge in [-0.25, -0.2) is 0 Å². The van der Waals surface area contributed by atoms with Gasteiger partial charge in [0, 0.05) is 56.2 Å². The normalized spacial score (nSPS) is 15.5. The van der Waals surface area contributed by atoms with Gasteiger partial charge < -0.3 is 29.7 Å². The zero-order valence-electron chi connectivity index (χ0n) is 27.9. The van der Waals surface area contributed by atoms with Crippen LogP contribution in [0.3, 0.4) is 0 Å². The minimum atomic E-state index is -0.838. The van der Waals surface area contributed by atoms with Gasteiger partial charge >= 0.3 is 5.97 Å². The Morgan fingerprint density at radius 1 is 1.15 bits per heavy atom. The molecule has 2 aliphatic rings. The number of nitrogens with zero attached hydrogens (tertiary/aromatic N) is 3. The summed E-state index contributed by atoms with van der Waals surface area (Å²) < 4.78 is 12.1. The number of unbranched alkanes of at least 4 members (excludes halogenated alkanes) is 1. The number of aliphatic carboxylic acids is 1. The fourth-order valence-corrected chi connectivity index (χ4v) is 6.03. The van der Waals surface area contributed by atoms with Gasteiger partial charge in [0.15, 0.2) is 5.78 Å². The Hall–Kier alpha value is -4.11. The number of ketones is 1. The molecule has 3 N–H and O–H groups in total. The molecule has 0 aromatic heterocycles. The van der Waals surface area contributed by atoms with E-state index in [0.717, 1.165) is 29.8 Å². The van der Waals surface area contributed by atoms with E-state index in [1.54, 1.807) is 24.1 Å². The van der Waals surface area contributed by atoms with E-state index in [1.807, 2.05) is 19.1 Å². The standard InChI is InChI=1S/C35H45N5O6.BrH/c1-6-45-30-17-24-20-40(33(37)25(24)18-26(30)34(44)38-5)21-29(41)23-15-27(35(2,3)4)32(46-14-8-7-9-31(42)43)28(16-23)39-13-11-22(19-39)10-12-36;/h15-18,22,37H,6-11,13-14,19-21H2,1-5H3,(H,38,44)(H,42,43);1H. The monoisotopic (exact) mass is 711 g/mol. The van der Waals surface area contributed by atoms with Gasteiger partial charge in [0.1, 0.15) is 17.3 Å². The van der Waals surface area contributed by atoms with E-state index in [4.69, 9.17) is 20.0 Å². The third-order valence-corrected chi connectivity index (χ3v) is 8.48. The van der Waals surface area contributed by atoms with Gasteiger partial charge in [-0.1, -0.05) is 20.8 Å². The second kappa shape index (κ2) is 16.1. The van der Waals surface area contributed by atoms with Crippen LogP contribution < -0.4 is 19.7 Å². The molecule has 0 saturated carbocycles. The van der Waals surface area contributed by atoms with Crippen molar-refractivity contribution < 1.29 is 29.0 Å². The smallest absolute Gasteiger partial charge is 0.303 e. The van der Waals surface area contributed by atoms with E-state index in [9.17, 15) is 19.6 Å². The molecule has 1 fully saturated rings. The number of hydrogen-bond donors (Lipinski definition) is 3. The first-order valence-corrected chi connectivity index (χ1v) is 15.9. The summed E-state index contributed by atoms with van der Waals surface area (Å²) >= 11 is 0. The molecule has 2 aromatic rings. The van der Waals surface area contributed by atoms with Crippen LogP contribution in [0.15, 0.2) is 24.3 Å². The first-order chi connectivity index (χ1) is 21.9. The Morgan fingerprint density at radius 2 is 1.89 bits per heavy atom. The average Bonchev–Trinajstić information content (AvgIpc) is 3.59. The summed E-state index contributed by atoms with van der Waals surface area (Å²) in [4.78, 5) is 41.4. The summed E-state index contributed by atoms with van der Waals surface area (Å²) in [5.74, 6) is 0.225. The number of Topliss-reactive ketones (excluding diaryl/α,β-unsaturated/α-hetero) is 1. The molecule has 2 aliphatic heterocycles. The number of nitriles is 1. The van der Waals surface area contributed by atoms with Crippen LogP contribution in [0.1, 0.15) is 97.2 Å². The van der Waals surface area contributed by atoms with E-state index in [2.05, 4.69) is 37.1 Å². The number of nitrogens with one attached hydrogen (secondary N) is 2. The molecule has 254 valence electrons. The molecular formula is C35H46BrN5O6. The van der Waals surface area contributed by atoms with Gasteiger partial charge in [0.05, 0.1) is 37.1 Å². The third kappa shape index (κ3) is 8.83. The van der Waals surface area contributed by atoms with Gasteiger partial charge in [-0.3, -0.25) is 19.8 Å². The second-order valence-corrected chi connectivity index (χ2v) is 12.9. The average molecular weight is 713 g/mol. The van der Waals surface area contributed by atoms with Crippen LogP contribution in [0.5, 0.6) is 11.5 Å². The predicted molar refractivity (Wildman–Crippen MR) is 186 cm³/mol. The molecule has 1 unspecified atom stereocenters. The second-order valence-electron chi connectivity index (χ2n) is 12.9. The number of benzene rings is 2. The van der Waals surface area contributed by atoms with Crippen LogP contribution in [0.4, 0.5) is 5.69 Å². The lowest BCUT2D eigenvalue weighted by Crippen LogP contribution is -2.31. The van der Waals surface area contributed by atoms with Gasteiger partial charge in [0.2, 0.25) is 0 Å². The maximum absolute atomic E-state index is 14.0. The highest BCUT2D eigenvalue weighted by atomic mass is 79.9. The minimum absolute atomic E-state index is 0. The van der Waals surface area contributed by atoms with Crippen molar-refractivity contribution >= 4 is 46.2 Å². The van der Waals surface area contributed by atoms with E-state index < -0.39 is 5.97 Å². The molecule has 11 nitrogen and oxygen atoms in total. The van der Waals surface area contributed by atoms with Crippen LogP contribution in [-0.4, -0.2) is 73.4 Å². The fraction of sp³-hybridized carbons (Fsp3) is 0.514. The van der Waals surface area contributed by atoms with Crippen LogP contribution in [0.25, 0.3) is 0 Å². The number of hydrogen-bond acceptors (Lipinski definition) is 8. The minimum Gasteiger partial charge on any atom is -0.493 e. The van der Waals surface area contributed by atoms with Gasteiger partial charge in [-0.2, -0.15) is 5.26 Å². The molecule has 12 heteroatoms. The molecule has 47 heavy (non-hydrogen) atoms. The fourth-order valence-electron chi connectivity index (χ4n) is 6.03. The highest BCUT2D eigenvalue weighted by molar-refractivity contribution is 8.93. The van der Waals surface area contributed by atoms with Gasteiger partial charge in [-0.05, 0) is 67.3 Å². The first kappa shape index (κ1) is 37.3. The first-order valence-electron chi connectivity index (χ1n) is 15.9. The number of rotatable bonds is 14. The van der Waals surface area contributed by atoms with Crippen LogP contribution in [0.2, 0.25) is 0 Å². The molecule has 2 aromatic carbocycles. The summed E-state index contributed by atoms with van der Waals surface area (Å²) in [6.07, 6.45) is 2.47. The van der Waals surface area contributed by atoms with Gasteiger partial charge in [0.25, 0.3) is 5.91 Å². The highest BCUT2D eigenvalue weighted by Gasteiger charge is 2.33. The van der Waals surface area contributed by atoms with Crippen molar-refractivity contribution in [1.29, 1.82) is 10.7 Å². The summed E-state index contributed by atoms with van der Waals surface area (Å²) in [5, 5.41) is 29.8. The molecule has 0 radical (unpaired) electrons. The van der Waals surface area contributed by atoms with Gasteiger partial charge in [-0.15, -0.1) is 17.0 Å². The zero-order valence-corrected chi connectivity index (χ0v) is 29.6. The number of carboxylic acid groups (broad SMARTS) is 1. The van der Waals surface area contributed by atoms with Crippen molar-refractivity contribution in [3.05, 3.63) is 52.1 Å². The van der Waals surface area contributed by atoms with Crippen LogP contribution >= 0.6 is 17.0 Å². The molecule has 1 amide bonds. The Morgan fingerprint density at radius 3 is 2.53 bits per heavy atom. The Balaban J connectivity index is 0.00000600. The number of carboxylic acids is 1. The third-order valence-electron chi connectivity index (χ3n) is 8.48. The largest absolute Gasteiger partial charge is 0.493 e. The van der Waals surface area contributed by atoms with Crippen molar-refractivity contribution in [2.24, 2.45) is 5.92 Å². The van der Waals surface area contributed by atoms with Crippen LogP contribution in [-0.2, 0) is 16.8 Å². The lowest BCUT2D eigenvalue weighted by molar-refractivity contribution is -0.137. The van der Waals surface area contributed by atoms with Crippen molar-refractivity contribution in [3.63, 3.8) is 0 Å². The van der Waals surface area contributed by atoms with E-state index >= 15 is 0 Å². The summed E-state index contributed by atoms with van der Waals surface area (Å²) in [6, 6.07) is 9.47. The number of carbonyl (C=O) groups is 3. The number of amidine groups is 1. The Kier molecular flexibility index (Phi) is 12.8. The van der Waals surface area contributed by atoms with Crippen molar-refractivity contribution in [2.45, 2.75) is 71.8 Å². The topological polar surface area (TPSA) is 156 Å². The van der Waals surface area contributed by atoms with Crippen molar-refractivity contribution in [3.8, 4) is 17.6 Å². The number of carbonyl (C=O) groups excluding carboxylic acids is 2. The zero-order chi connectivity index (χ0) is 33.6. The lowest BCUT2D eigenvalue weighted by atomic mass is 9.84. The van der Waals surface area contributed by atoms with Crippen molar-refractivity contribution in [2.75, 3.05) is 44.8 Å². The highest BCUT2D eigenvalue weighted by Crippen LogP contribution is 2.42. The maximum atomic E-state index is 14.0. The number of ether oxygens (including phenoxy) is 2. The molecular weight excluding hydrogens is 666 g/mol. The summed E-state index contributed by atoms with van der Waals surface area (Å²) in [6.45, 7) is 10.5. The number of amides is 1. The molecule has 0 aliphatic carbocycles. The molecule has 2 heterocycles. The molecule has 4 rings (SSSR count). The van der Waals surface area contributed by atoms with E-state index in [-0.39, 0.29) is 58.8 Å². The lowest BCUT2D eigenvalue weighted by Gasteiger charge is -2.30. The number of fused-ring (bicyclic) bond motifs is 1. The summed E-state index contributed by atoms with van der Waals surface area (Å²) in [5.41, 5.74) is 3.55. The Labute approximate surface area is 287 Å². The Bertz CT molecular complexity index is 1550. The van der Waals surface area contributed by atoms with E-state index in [0.29, 0.717) is 73.8 Å². The molecule has 0 bridgehead atoms. The van der Waals surface area contributed by atoms with Crippen LogP contribution in [0, 0.1) is 22.7 Å².